The van der Waals surface area contributed by atoms with Gasteiger partial charge >= 0.3 is 0 Å². The second-order valence-electron chi connectivity index (χ2n) is 4.54. The second-order valence-corrected chi connectivity index (χ2v) is 4.54. The summed E-state index contributed by atoms with van der Waals surface area (Å²) < 4.78 is 0. The second kappa shape index (κ2) is 6.33. The highest BCUT2D eigenvalue weighted by atomic mass is 15.4. The van der Waals surface area contributed by atoms with Crippen LogP contribution in [-0.4, -0.2) is 61.1 Å². The van der Waals surface area contributed by atoms with Crippen molar-refractivity contribution in [3.8, 4) is 24.2 Å². The molecular weight excluding hydrogens is 224 g/mol. The molecular formula is C14H20N4. The summed E-state index contributed by atoms with van der Waals surface area (Å²) in [5, 5.41) is 3.36. The van der Waals surface area contributed by atoms with Crippen LogP contribution in [0.15, 0.2) is 4.99 Å². The normalized spacial score (nSPS) is 23.1. The Morgan fingerprint density at radius 3 is 2.89 bits per heavy atom. The number of hydrogen-bond donors (Lipinski definition) is 1. The lowest BCUT2D eigenvalue weighted by Crippen LogP contribution is -2.51. The molecule has 96 valence electrons. The molecule has 2 aliphatic heterocycles. The summed E-state index contributed by atoms with van der Waals surface area (Å²) >= 11 is 0. The van der Waals surface area contributed by atoms with E-state index >= 15 is 0 Å². The van der Waals surface area contributed by atoms with E-state index in [1.54, 1.807) is 0 Å². The van der Waals surface area contributed by atoms with Crippen LogP contribution in [-0.2, 0) is 0 Å². The Morgan fingerprint density at radius 2 is 2.22 bits per heavy atom. The van der Waals surface area contributed by atoms with Crippen LogP contribution in [0.5, 0.6) is 0 Å². The van der Waals surface area contributed by atoms with Crippen molar-refractivity contribution in [2.45, 2.75) is 19.4 Å². The monoisotopic (exact) mass is 244 g/mol. The number of hydrogen-bond acceptors (Lipinski definition) is 4. The molecule has 1 fully saturated rings. The van der Waals surface area contributed by atoms with E-state index in [9.17, 15) is 0 Å². The third-order valence-corrected chi connectivity index (χ3v) is 3.21. The largest absolute Gasteiger partial charge is 0.340 e. The molecule has 1 atom stereocenters. The van der Waals surface area contributed by atoms with Crippen LogP contribution in [0, 0.1) is 24.2 Å². The van der Waals surface area contributed by atoms with Gasteiger partial charge in [-0.3, -0.25) is 0 Å². The van der Waals surface area contributed by atoms with Gasteiger partial charge < -0.3 is 15.1 Å². The summed E-state index contributed by atoms with van der Waals surface area (Å²) in [7, 11) is 0. The fourth-order valence-corrected chi connectivity index (χ4v) is 2.32. The van der Waals surface area contributed by atoms with E-state index in [0.717, 1.165) is 45.2 Å². The molecule has 0 aromatic rings. The molecule has 18 heavy (non-hydrogen) atoms. The number of aliphatic imine (C=N–C) groups is 1. The summed E-state index contributed by atoms with van der Waals surface area (Å²) in [5.74, 6) is 9.86. The molecule has 0 amide bonds. The minimum Gasteiger partial charge on any atom is -0.340 e. The van der Waals surface area contributed by atoms with Crippen molar-refractivity contribution in [2.75, 3.05) is 39.3 Å². The number of terminal acetylenes is 1. The van der Waals surface area contributed by atoms with Gasteiger partial charge in [0.1, 0.15) is 0 Å². The number of nitrogens with one attached hydrogen (secondary N) is 1. The Balaban J connectivity index is 2.06. The van der Waals surface area contributed by atoms with Crippen molar-refractivity contribution < 1.29 is 0 Å². The summed E-state index contributed by atoms with van der Waals surface area (Å²) in [6.45, 7) is 7.59. The molecule has 1 saturated heterocycles. The van der Waals surface area contributed by atoms with Crippen molar-refractivity contribution in [2.24, 2.45) is 4.99 Å². The lowest BCUT2D eigenvalue weighted by atomic mass is 10.2. The molecule has 4 heteroatoms. The van der Waals surface area contributed by atoms with Crippen LogP contribution in [0.2, 0.25) is 0 Å². The van der Waals surface area contributed by atoms with E-state index in [-0.39, 0.29) is 6.04 Å². The number of rotatable bonds is 2. The predicted octanol–water partition coefficient (Wildman–Crippen LogP) is -0.0216. The van der Waals surface area contributed by atoms with Gasteiger partial charge in [-0.15, -0.1) is 18.3 Å². The molecule has 0 aromatic carbocycles. The Labute approximate surface area is 109 Å². The Hall–Kier alpha value is -1.65. The van der Waals surface area contributed by atoms with Gasteiger partial charge in [0.15, 0.2) is 5.96 Å². The van der Waals surface area contributed by atoms with Gasteiger partial charge in [0.2, 0.25) is 0 Å². The van der Waals surface area contributed by atoms with Gasteiger partial charge in [0.05, 0.1) is 12.6 Å². The van der Waals surface area contributed by atoms with Crippen LogP contribution < -0.4 is 5.32 Å². The van der Waals surface area contributed by atoms with Gasteiger partial charge in [-0.25, -0.2) is 4.99 Å². The minimum atomic E-state index is 0.235. The first-order chi connectivity index (χ1) is 8.85. The van der Waals surface area contributed by atoms with Crippen molar-refractivity contribution in [1.82, 2.24) is 15.1 Å². The zero-order valence-corrected chi connectivity index (χ0v) is 10.9. The van der Waals surface area contributed by atoms with Gasteiger partial charge in [0.25, 0.3) is 0 Å². The first-order valence-corrected chi connectivity index (χ1v) is 6.46. The van der Waals surface area contributed by atoms with E-state index in [1.165, 1.54) is 0 Å². The van der Waals surface area contributed by atoms with Crippen LogP contribution >= 0.6 is 0 Å². The lowest BCUT2D eigenvalue weighted by Gasteiger charge is -2.33. The molecule has 2 heterocycles. The zero-order valence-electron chi connectivity index (χ0n) is 10.9. The minimum absolute atomic E-state index is 0.235. The van der Waals surface area contributed by atoms with E-state index in [1.807, 2.05) is 6.92 Å². The number of guanidine groups is 1. The van der Waals surface area contributed by atoms with Crippen LogP contribution in [0.4, 0.5) is 0 Å². The first-order valence-electron chi connectivity index (χ1n) is 6.46. The fourth-order valence-electron chi connectivity index (χ4n) is 2.32. The standard InChI is InChI=1S/C14H20N4/c1-3-5-9-18-12-13(6-4-2)16-14(18)17-10-7-15-8-11-17/h2,13,15H,6-12H2,1H3. The quantitative estimate of drug-likeness (QED) is 0.693. The van der Waals surface area contributed by atoms with Crippen molar-refractivity contribution >= 4 is 5.96 Å². The highest BCUT2D eigenvalue weighted by molar-refractivity contribution is 5.82. The van der Waals surface area contributed by atoms with Crippen molar-refractivity contribution in [3.63, 3.8) is 0 Å². The maximum atomic E-state index is 5.39. The summed E-state index contributed by atoms with van der Waals surface area (Å²) in [5.41, 5.74) is 0. The molecule has 2 rings (SSSR count). The molecule has 0 bridgehead atoms. The Bertz CT molecular complexity index is 404. The van der Waals surface area contributed by atoms with Crippen LogP contribution in [0.25, 0.3) is 0 Å². The fraction of sp³-hybridized carbons (Fsp3) is 0.643. The van der Waals surface area contributed by atoms with Crippen LogP contribution in [0.1, 0.15) is 13.3 Å². The van der Waals surface area contributed by atoms with Crippen LogP contribution in [0.3, 0.4) is 0 Å². The smallest absolute Gasteiger partial charge is 0.197 e. The lowest BCUT2D eigenvalue weighted by molar-refractivity contribution is 0.314. The van der Waals surface area contributed by atoms with Gasteiger partial charge in [-0.05, 0) is 6.92 Å². The Morgan fingerprint density at radius 1 is 1.44 bits per heavy atom. The molecule has 1 N–H and O–H groups in total. The number of nitrogens with zero attached hydrogens (tertiary/aromatic N) is 3. The predicted molar refractivity (Wildman–Crippen MR) is 74.1 cm³/mol. The summed E-state index contributed by atoms with van der Waals surface area (Å²) in [4.78, 5) is 9.36. The maximum absolute atomic E-state index is 5.39. The molecule has 0 spiro atoms. The highest BCUT2D eigenvalue weighted by Crippen LogP contribution is 2.14. The highest BCUT2D eigenvalue weighted by Gasteiger charge is 2.28. The van der Waals surface area contributed by atoms with E-state index in [0.29, 0.717) is 6.42 Å². The zero-order chi connectivity index (χ0) is 12.8. The molecule has 0 radical (unpaired) electrons. The third-order valence-electron chi connectivity index (χ3n) is 3.21. The molecule has 1 unspecified atom stereocenters. The molecule has 2 aliphatic rings. The molecule has 0 aliphatic carbocycles. The maximum Gasteiger partial charge on any atom is 0.197 e. The van der Waals surface area contributed by atoms with Gasteiger partial charge in [0, 0.05) is 39.1 Å². The molecule has 4 nitrogen and oxygen atoms in total. The topological polar surface area (TPSA) is 30.9 Å². The average molecular weight is 244 g/mol. The summed E-state index contributed by atoms with van der Waals surface area (Å²) in [6, 6.07) is 0.235. The number of piperazine rings is 1. The van der Waals surface area contributed by atoms with E-state index in [2.05, 4.69) is 32.9 Å². The molecule has 0 aromatic heterocycles. The van der Waals surface area contributed by atoms with E-state index < -0.39 is 0 Å². The van der Waals surface area contributed by atoms with Gasteiger partial charge in [-0.1, -0.05) is 5.92 Å². The van der Waals surface area contributed by atoms with E-state index in [4.69, 9.17) is 11.4 Å². The molecule has 0 saturated carbocycles. The van der Waals surface area contributed by atoms with Crippen molar-refractivity contribution in [3.05, 3.63) is 0 Å². The average Bonchev–Trinajstić information content (AvgIpc) is 2.81. The van der Waals surface area contributed by atoms with Gasteiger partial charge in [-0.2, -0.15) is 0 Å². The Kier molecular flexibility index (Phi) is 4.50. The third kappa shape index (κ3) is 2.97. The first kappa shape index (κ1) is 12.8. The van der Waals surface area contributed by atoms with Crippen molar-refractivity contribution in [1.29, 1.82) is 0 Å². The summed E-state index contributed by atoms with van der Waals surface area (Å²) in [6.07, 6.45) is 6.10. The SMILES string of the molecule is C#CCC1CN(CC#CC)C(N2CCNCC2)=N1.